The summed E-state index contributed by atoms with van der Waals surface area (Å²) in [6.45, 7) is 4.78. The van der Waals surface area contributed by atoms with Crippen LogP contribution in [0.25, 0.3) is 11.0 Å². The van der Waals surface area contributed by atoms with Gasteiger partial charge in [0.25, 0.3) is 0 Å². The lowest BCUT2D eigenvalue weighted by Gasteiger charge is -2.14. The number of aromatic amines is 1. The molecule has 1 aliphatic rings. The van der Waals surface area contributed by atoms with Gasteiger partial charge >= 0.3 is 0 Å². The van der Waals surface area contributed by atoms with Crippen LogP contribution in [-0.2, 0) is 6.54 Å². The number of halogens is 1. The average molecular weight is 347 g/mol. The lowest BCUT2D eigenvalue weighted by Crippen LogP contribution is -2.23. The molecule has 0 bridgehead atoms. The Balaban J connectivity index is 1.67. The fourth-order valence-electron chi connectivity index (χ4n) is 2.86. The van der Waals surface area contributed by atoms with E-state index in [9.17, 15) is 0 Å². The molecule has 4 rings (SSSR count). The van der Waals surface area contributed by atoms with Crippen LogP contribution in [0.2, 0.25) is 5.02 Å². The molecule has 0 spiro atoms. The molecule has 3 aromatic rings. The van der Waals surface area contributed by atoms with Gasteiger partial charge in [-0.3, -0.25) is 4.68 Å². The van der Waals surface area contributed by atoms with Crippen molar-refractivity contribution in [3.63, 3.8) is 0 Å². The van der Waals surface area contributed by atoms with Crippen LogP contribution in [0.3, 0.4) is 0 Å². The minimum absolute atomic E-state index is 0.338. The molecule has 0 amide bonds. The fraction of sp³-hybridized carbons (Fsp3) is 0.400. The number of hydrogen-bond acceptors (Lipinski definition) is 6. The normalized spacial score (nSPS) is 17.5. The van der Waals surface area contributed by atoms with Gasteiger partial charge in [-0.05, 0) is 19.9 Å². The van der Waals surface area contributed by atoms with Crippen LogP contribution in [0.15, 0.2) is 18.6 Å². The summed E-state index contributed by atoms with van der Waals surface area (Å²) < 4.78 is 1.84. The lowest BCUT2D eigenvalue weighted by atomic mass is 10.2. The highest BCUT2D eigenvalue weighted by molar-refractivity contribution is 6.36. The summed E-state index contributed by atoms with van der Waals surface area (Å²) in [4.78, 5) is 12.2. The third kappa shape index (κ3) is 2.90. The molecule has 1 fully saturated rings. The van der Waals surface area contributed by atoms with Gasteiger partial charge in [-0.2, -0.15) is 15.1 Å². The summed E-state index contributed by atoms with van der Waals surface area (Å²) in [6.07, 6.45) is 6.47. The predicted octanol–water partition coefficient (Wildman–Crippen LogP) is 2.35. The van der Waals surface area contributed by atoms with Gasteiger partial charge in [0.2, 0.25) is 5.95 Å². The number of anilines is 3. The van der Waals surface area contributed by atoms with Crippen molar-refractivity contribution in [2.45, 2.75) is 25.9 Å². The number of H-pyrrole nitrogens is 1. The second kappa shape index (κ2) is 6.29. The number of aryl methyl sites for hydroxylation is 1. The Kier molecular flexibility index (Phi) is 3.99. The van der Waals surface area contributed by atoms with Crippen molar-refractivity contribution < 1.29 is 0 Å². The molecule has 0 saturated carbocycles. The Bertz CT molecular complexity index is 848. The maximum atomic E-state index is 6.30. The van der Waals surface area contributed by atoms with E-state index in [0.717, 1.165) is 42.9 Å². The van der Waals surface area contributed by atoms with Crippen LogP contribution in [-0.4, -0.2) is 43.9 Å². The molecule has 126 valence electrons. The molecule has 4 heterocycles. The molecule has 0 radical (unpaired) electrons. The van der Waals surface area contributed by atoms with E-state index < -0.39 is 0 Å². The minimum atomic E-state index is 0.338. The number of fused-ring (bicyclic) bond motifs is 1. The monoisotopic (exact) mass is 346 g/mol. The second-order valence-electron chi connectivity index (χ2n) is 5.80. The van der Waals surface area contributed by atoms with Crippen LogP contribution in [0.4, 0.5) is 17.5 Å². The average Bonchev–Trinajstić information content (AvgIpc) is 3.30. The number of hydrogen-bond donors (Lipinski definition) is 4. The topological polar surface area (TPSA) is 95.5 Å². The van der Waals surface area contributed by atoms with Gasteiger partial charge in [-0.1, -0.05) is 11.6 Å². The first kappa shape index (κ1) is 15.2. The van der Waals surface area contributed by atoms with Gasteiger partial charge in [0, 0.05) is 31.5 Å². The number of nitrogens with one attached hydrogen (secondary N) is 4. The number of rotatable bonds is 5. The first-order valence-corrected chi connectivity index (χ1v) is 8.42. The van der Waals surface area contributed by atoms with Gasteiger partial charge in [-0.15, -0.1) is 0 Å². The lowest BCUT2D eigenvalue weighted by molar-refractivity contribution is 0.660. The Hall–Kier alpha value is -2.32. The van der Waals surface area contributed by atoms with Crippen LogP contribution in [0, 0.1) is 0 Å². The summed E-state index contributed by atoms with van der Waals surface area (Å²) in [5, 5.41) is 15.7. The van der Waals surface area contributed by atoms with Crippen molar-refractivity contribution in [2.24, 2.45) is 0 Å². The van der Waals surface area contributed by atoms with Gasteiger partial charge in [-0.25, -0.2) is 0 Å². The van der Waals surface area contributed by atoms with Crippen molar-refractivity contribution >= 4 is 40.1 Å². The molecular formula is C15H19ClN8. The summed E-state index contributed by atoms with van der Waals surface area (Å²) in [5.74, 6) is 1.25. The fourth-order valence-corrected chi connectivity index (χ4v) is 3.09. The molecule has 3 aromatic heterocycles. The Labute approximate surface area is 144 Å². The Morgan fingerprint density at radius 2 is 2.33 bits per heavy atom. The molecule has 0 aliphatic carbocycles. The van der Waals surface area contributed by atoms with Crippen molar-refractivity contribution in [1.29, 1.82) is 0 Å². The number of aromatic nitrogens is 5. The summed E-state index contributed by atoms with van der Waals surface area (Å²) in [7, 11) is 0. The minimum Gasteiger partial charge on any atom is -0.365 e. The maximum Gasteiger partial charge on any atom is 0.231 e. The van der Waals surface area contributed by atoms with E-state index in [-0.39, 0.29) is 0 Å². The standard InChI is InChI=1S/C15H19ClN8/c1-2-24-8-10(6-19-24)21-15-22-13-12(11(16)7-18-13)14(23-15)20-9-3-4-17-5-9/h6-9,17H,2-5H2,1H3,(H3,18,20,21,22,23)/t9-/m1/s1. The molecule has 8 nitrogen and oxygen atoms in total. The van der Waals surface area contributed by atoms with E-state index in [4.69, 9.17) is 11.6 Å². The largest absolute Gasteiger partial charge is 0.365 e. The molecule has 24 heavy (non-hydrogen) atoms. The molecule has 1 saturated heterocycles. The van der Waals surface area contributed by atoms with Crippen molar-refractivity contribution in [3.8, 4) is 0 Å². The SMILES string of the molecule is CCn1cc(Nc2nc(N[C@@H]3CCNC3)c3c(Cl)c[nH]c3n2)cn1. The smallest absolute Gasteiger partial charge is 0.231 e. The Morgan fingerprint density at radius 3 is 3.08 bits per heavy atom. The highest BCUT2D eigenvalue weighted by atomic mass is 35.5. The highest BCUT2D eigenvalue weighted by Crippen LogP contribution is 2.30. The quantitative estimate of drug-likeness (QED) is 0.566. The third-order valence-electron chi connectivity index (χ3n) is 4.10. The highest BCUT2D eigenvalue weighted by Gasteiger charge is 2.19. The predicted molar refractivity (Wildman–Crippen MR) is 95.0 cm³/mol. The molecule has 1 aliphatic heterocycles. The third-order valence-corrected chi connectivity index (χ3v) is 4.40. The van der Waals surface area contributed by atoms with Crippen molar-refractivity contribution in [2.75, 3.05) is 23.7 Å². The summed E-state index contributed by atoms with van der Waals surface area (Å²) in [6, 6.07) is 0.338. The van der Waals surface area contributed by atoms with Gasteiger partial charge < -0.3 is 20.9 Å². The van der Waals surface area contributed by atoms with Gasteiger partial charge in [0.05, 0.1) is 22.3 Å². The van der Waals surface area contributed by atoms with Crippen molar-refractivity contribution in [1.82, 2.24) is 30.0 Å². The van der Waals surface area contributed by atoms with Gasteiger partial charge in [0.1, 0.15) is 11.5 Å². The van der Waals surface area contributed by atoms with Crippen LogP contribution in [0.1, 0.15) is 13.3 Å². The van der Waals surface area contributed by atoms with E-state index in [0.29, 0.717) is 22.7 Å². The second-order valence-corrected chi connectivity index (χ2v) is 6.21. The summed E-state index contributed by atoms with van der Waals surface area (Å²) >= 11 is 6.30. The van der Waals surface area contributed by atoms with Crippen LogP contribution in [0.5, 0.6) is 0 Å². The zero-order chi connectivity index (χ0) is 16.5. The van der Waals surface area contributed by atoms with E-state index in [1.54, 1.807) is 12.4 Å². The molecule has 0 aromatic carbocycles. The number of nitrogens with zero attached hydrogens (tertiary/aromatic N) is 4. The van der Waals surface area contributed by atoms with E-state index in [2.05, 4.69) is 36.0 Å². The summed E-state index contributed by atoms with van der Waals surface area (Å²) in [5.41, 5.74) is 1.55. The first-order chi connectivity index (χ1) is 11.7. The molecular weight excluding hydrogens is 328 g/mol. The van der Waals surface area contributed by atoms with Gasteiger partial charge in [0.15, 0.2) is 0 Å². The molecule has 0 unspecified atom stereocenters. The Morgan fingerprint density at radius 1 is 1.42 bits per heavy atom. The zero-order valence-corrected chi connectivity index (χ0v) is 14.1. The first-order valence-electron chi connectivity index (χ1n) is 8.04. The maximum absolute atomic E-state index is 6.30. The van der Waals surface area contributed by atoms with Crippen LogP contribution >= 0.6 is 11.6 Å². The van der Waals surface area contributed by atoms with E-state index in [1.807, 2.05) is 17.8 Å². The molecule has 1 atom stereocenters. The van der Waals surface area contributed by atoms with E-state index >= 15 is 0 Å². The zero-order valence-electron chi connectivity index (χ0n) is 13.3. The van der Waals surface area contributed by atoms with Crippen LogP contribution < -0.4 is 16.0 Å². The molecule has 9 heteroatoms. The van der Waals surface area contributed by atoms with E-state index in [1.165, 1.54) is 0 Å². The molecule has 4 N–H and O–H groups in total. The van der Waals surface area contributed by atoms with Crippen molar-refractivity contribution in [3.05, 3.63) is 23.6 Å².